The number of nitrogens with one attached hydrogen (secondary N) is 1. The first-order valence-corrected chi connectivity index (χ1v) is 8.00. The van der Waals surface area contributed by atoms with E-state index in [1.54, 1.807) is 5.51 Å². The number of carbonyl (C=O) groups excluding carboxylic acids is 1. The van der Waals surface area contributed by atoms with Crippen LogP contribution in [-0.2, 0) is 0 Å². The van der Waals surface area contributed by atoms with Crippen molar-refractivity contribution in [3.05, 3.63) is 46.4 Å². The van der Waals surface area contributed by atoms with Crippen molar-refractivity contribution in [2.45, 2.75) is 18.2 Å². The van der Waals surface area contributed by atoms with E-state index in [-0.39, 0.29) is 5.91 Å². The molecule has 1 aromatic carbocycles. The highest BCUT2D eigenvalue weighted by molar-refractivity contribution is 7.99. The largest absolute Gasteiger partial charge is 0.351 e. The lowest BCUT2D eigenvalue weighted by Crippen LogP contribution is -2.24. The normalized spacial score (nSPS) is 10.4. The van der Waals surface area contributed by atoms with Crippen LogP contribution in [0.4, 0.5) is 0 Å². The van der Waals surface area contributed by atoms with Crippen molar-refractivity contribution in [2.75, 3.05) is 12.3 Å². The number of aryl methyl sites for hydroxylation is 1. The van der Waals surface area contributed by atoms with Gasteiger partial charge in [0, 0.05) is 11.4 Å². The lowest BCUT2D eigenvalue weighted by atomic mass is 10.3. The lowest BCUT2D eigenvalue weighted by Gasteiger charge is -2.04. The van der Waals surface area contributed by atoms with Crippen LogP contribution >= 0.6 is 23.1 Å². The second-order valence-corrected chi connectivity index (χ2v) is 6.06. The molecule has 0 saturated heterocycles. The molecule has 5 heteroatoms. The average Bonchev–Trinajstić information content (AvgIpc) is 2.86. The summed E-state index contributed by atoms with van der Waals surface area (Å²) in [6.45, 7) is 2.56. The van der Waals surface area contributed by atoms with Crippen LogP contribution in [0.1, 0.15) is 21.8 Å². The van der Waals surface area contributed by atoms with E-state index in [2.05, 4.69) is 22.4 Å². The predicted molar refractivity (Wildman–Crippen MR) is 81.0 cm³/mol. The van der Waals surface area contributed by atoms with Crippen LogP contribution in [0, 0.1) is 6.92 Å². The number of benzene rings is 1. The zero-order chi connectivity index (χ0) is 13.5. The quantitative estimate of drug-likeness (QED) is 0.655. The van der Waals surface area contributed by atoms with Gasteiger partial charge in [-0.3, -0.25) is 4.79 Å². The summed E-state index contributed by atoms with van der Waals surface area (Å²) in [5.74, 6) is 0.996. The molecule has 19 heavy (non-hydrogen) atoms. The second-order valence-electron chi connectivity index (χ2n) is 4.04. The number of nitrogens with zero attached hydrogens (tertiary/aromatic N) is 1. The molecule has 0 bridgehead atoms. The number of rotatable bonds is 6. The number of aromatic nitrogens is 1. The average molecular weight is 292 g/mol. The maximum atomic E-state index is 11.8. The number of amides is 1. The highest BCUT2D eigenvalue weighted by Crippen LogP contribution is 2.17. The fourth-order valence-electron chi connectivity index (χ4n) is 1.58. The summed E-state index contributed by atoms with van der Waals surface area (Å²) < 4.78 is 0. The molecular weight excluding hydrogens is 276 g/mol. The van der Waals surface area contributed by atoms with Crippen molar-refractivity contribution >= 4 is 29.0 Å². The fourth-order valence-corrected chi connectivity index (χ4v) is 3.17. The number of hydrogen-bond acceptors (Lipinski definition) is 4. The maximum Gasteiger partial charge on any atom is 0.263 e. The van der Waals surface area contributed by atoms with Crippen molar-refractivity contribution in [1.29, 1.82) is 0 Å². The van der Waals surface area contributed by atoms with E-state index in [9.17, 15) is 4.79 Å². The highest BCUT2D eigenvalue weighted by Gasteiger charge is 2.10. The smallest absolute Gasteiger partial charge is 0.263 e. The Hall–Kier alpha value is -1.33. The summed E-state index contributed by atoms with van der Waals surface area (Å²) in [6, 6.07) is 10.3. The van der Waals surface area contributed by atoms with Gasteiger partial charge in [0.05, 0.1) is 11.2 Å². The van der Waals surface area contributed by atoms with Gasteiger partial charge in [-0.25, -0.2) is 4.98 Å². The highest BCUT2D eigenvalue weighted by atomic mass is 32.2. The number of thiazole rings is 1. The molecule has 0 saturated carbocycles. The Morgan fingerprint density at radius 2 is 2.16 bits per heavy atom. The minimum Gasteiger partial charge on any atom is -0.351 e. The Morgan fingerprint density at radius 1 is 1.37 bits per heavy atom. The monoisotopic (exact) mass is 292 g/mol. The first-order chi connectivity index (χ1) is 9.27. The van der Waals surface area contributed by atoms with Crippen LogP contribution in [0.2, 0.25) is 0 Å². The van der Waals surface area contributed by atoms with E-state index < -0.39 is 0 Å². The molecule has 3 nitrogen and oxygen atoms in total. The molecule has 0 aliphatic carbocycles. The van der Waals surface area contributed by atoms with E-state index in [0.29, 0.717) is 6.54 Å². The Balaban J connectivity index is 1.65. The molecule has 100 valence electrons. The van der Waals surface area contributed by atoms with Crippen LogP contribution in [0.25, 0.3) is 0 Å². The molecule has 2 aromatic rings. The zero-order valence-electron chi connectivity index (χ0n) is 10.8. The van der Waals surface area contributed by atoms with Crippen molar-refractivity contribution in [3.8, 4) is 0 Å². The molecule has 1 aromatic heterocycles. The van der Waals surface area contributed by atoms with Crippen molar-refractivity contribution in [3.63, 3.8) is 0 Å². The van der Waals surface area contributed by atoms with Crippen LogP contribution < -0.4 is 5.32 Å². The minimum absolute atomic E-state index is 0.00953. The Bertz CT molecular complexity index is 525. The SMILES string of the molecule is Cc1ncsc1C(=O)NCCCSc1ccccc1. The third-order valence-corrected chi connectivity index (χ3v) is 4.60. The number of carbonyl (C=O) groups is 1. The third-order valence-electron chi connectivity index (χ3n) is 2.57. The summed E-state index contributed by atoms with van der Waals surface area (Å²) >= 11 is 3.20. The van der Waals surface area contributed by atoms with E-state index >= 15 is 0 Å². The van der Waals surface area contributed by atoms with E-state index in [1.807, 2.05) is 36.9 Å². The minimum atomic E-state index is -0.00953. The lowest BCUT2D eigenvalue weighted by molar-refractivity contribution is 0.0957. The van der Waals surface area contributed by atoms with E-state index in [4.69, 9.17) is 0 Å². The van der Waals surface area contributed by atoms with Crippen LogP contribution in [0.5, 0.6) is 0 Å². The van der Waals surface area contributed by atoms with Gasteiger partial charge >= 0.3 is 0 Å². The van der Waals surface area contributed by atoms with Gasteiger partial charge in [-0.15, -0.1) is 23.1 Å². The molecule has 1 amide bonds. The topological polar surface area (TPSA) is 42.0 Å². The Morgan fingerprint density at radius 3 is 2.84 bits per heavy atom. The van der Waals surface area contributed by atoms with Gasteiger partial charge in [0.15, 0.2) is 0 Å². The van der Waals surface area contributed by atoms with Gasteiger partial charge in [0.1, 0.15) is 4.88 Å². The Kier molecular flexibility index (Phi) is 5.42. The van der Waals surface area contributed by atoms with Crippen LogP contribution in [-0.4, -0.2) is 23.2 Å². The van der Waals surface area contributed by atoms with Gasteiger partial charge in [-0.05, 0) is 31.2 Å². The van der Waals surface area contributed by atoms with Crippen molar-refractivity contribution in [2.24, 2.45) is 0 Å². The molecule has 1 N–H and O–H groups in total. The van der Waals surface area contributed by atoms with Gasteiger partial charge in [-0.1, -0.05) is 18.2 Å². The summed E-state index contributed by atoms with van der Waals surface area (Å²) in [6.07, 6.45) is 0.961. The summed E-state index contributed by atoms with van der Waals surface area (Å²) in [5, 5.41) is 2.93. The molecule has 1 heterocycles. The summed E-state index contributed by atoms with van der Waals surface area (Å²) in [4.78, 5) is 17.9. The van der Waals surface area contributed by atoms with E-state index in [1.165, 1.54) is 16.2 Å². The molecule has 2 rings (SSSR count). The molecule has 0 spiro atoms. The molecule has 0 radical (unpaired) electrons. The van der Waals surface area contributed by atoms with E-state index in [0.717, 1.165) is 22.7 Å². The second kappa shape index (κ2) is 7.31. The number of hydrogen-bond donors (Lipinski definition) is 1. The zero-order valence-corrected chi connectivity index (χ0v) is 12.4. The standard InChI is InChI=1S/C14H16N2OS2/c1-11-13(19-10-16-11)14(17)15-8-5-9-18-12-6-3-2-4-7-12/h2-4,6-7,10H,5,8-9H2,1H3,(H,15,17). The predicted octanol–water partition coefficient (Wildman–Crippen LogP) is 3.36. The van der Waals surface area contributed by atoms with Crippen molar-refractivity contribution < 1.29 is 4.79 Å². The number of thioether (sulfide) groups is 1. The first kappa shape index (κ1) is 14.1. The molecule has 0 aliphatic rings. The van der Waals surface area contributed by atoms with Crippen LogP contribution in [0.3, 0.4) is 0 Å². The third kappa shape index (κ3) is 4.36. The van der Waals surface area contributed by atoms with Gasteiger partial charge < -0.3 is 5.32 Å². The molecule has 0 unspecified atom stereocenters. The summed E-state index contributed by atoms with van der Waals surface area (Å²) in [5.41, 5.74) is 2.51. The molecular formula is C14H16N2OS2. The van der Waals surface area contributed by atoms with Crippen LogP contribution in [0.15, 0.2) is 40.7 Å². The van der Waals surface area contributed by atoms with Gasteiger partial charge in [-0.2, -0.15) is 0 Å². The first-order valence-electron chi connectivity index (χ1n) is 6.13. The summed E-state index contributed by atoms with van der Waals surface area (Å²) in [7, 11) is 0. The Labute approximate surface area is 121 Å². The maximum absolute atomic E-state index is 11.8. The molecule has 0 atom stereocenters. The van der Waals surface area contributed by atoms with Gasteiger partial charge in [0.25, 0.3) is 5.91 Å². The van der Waals surface area contributed by atoms with Gasteiger partial charge in [0.2, 0.25) is 0 Å². The molecule has 0 fully saturated rings. The fraction of sp³-hybridized carbons (Fsp3) is 0.286. The van der Waals surface area contributed by atoms with Crippen molar-refractivity contribution in [1.82, 2.24) is 10.3 Å². The molecule has 0 aliphatic heterocycles.